The Labute approximate surface area is 140 Å². The van der Waals surface area contributed by atoms with Gasteiger partial charge in [-0.3, -0.25) is 4.79 Å². The van der Waals surface area contributed by atoms with Crippen molar-refractivity contribution in [1.82, 2.24) is 5.32 Å². The Morgan fingerprint density at radius 3 is 2.38 bits per heavy atom. The van der Waals surface area contributed by atoms with Crippen LogP contribution in [-0.4, -0.2) is 46.6 Å². The summed E-state index contributed by atoms with van der Waals surface area (Å²) in [4.78, 5) is 11.3. The Morgan fingerprint density at radius 2 is 1.75 bits per heavy atom. The second-order valence-electron chi connectivity index (χ2n) is 5.45. The van der Waals surface area contributed by atoms with Gasteiger partial charge in [0.1, 0.15) is 30.3 Å². The van der Waals surface area contributed by atoms with Crippen molar-refractivity contribution in [1.29, 1.82) is 0 Å². The number of hydrogen-bond acceptors (Lipinski definition) is 5. The van der Waals surface area contributed by atoms with Crippen molar-refractivity contribution in [2.24, 2.45) is 0 Å². The molecule has 0 unspecified atom stereocenters. The van der Waals surface area contributed by atoms with Crippen LogP contribution in [0.3, 0.4) is 0 Å². The van der Waals surface area contributed by atoms with Crippen LogP contribution in [0.5, 0.6) is 11.5 Å². The summed E-state index contributed by atoms with van der Waals surface area (Å²) < 4.78 is 5.43. The summed E-state index contributed by atoms with van der Waals surface area (Å²) in [6.45, 7) is 0.171. The lowest BCUT2D eigenvalue weighted by molar-refractivity contribution is -0.139. The highest BCUT2D eigenvalue weighted by Crippen LogP contribution is 2.12. The molecule has 4 N–H and O–H groups in total. The maximum atomic E-state index is 11.3. The first-order valence-electron chi connectivity index (χ1n) is 7.64. The number of benzene rings is 2. The van der Waals surface area contributed by atoms with Crippen LogP contribution in [0.2, 0.25) is 0 Å². The van der Waals surface area contributed by atoms with E-state index in [0.717, 1.165) is 5.56 Å². The molecule has 0 saturated heterocycles. The molecule has 0 spiro atoms. The van der Waals surface area contributed by atoms with E-state index in [1.54, 1.807) is 24.3 Å². The fraction of sp³-hybridized carbons (Fsp3) is 0.278. The third-order valence-electron chi connectivity index (χ3n) is 3.46. The highest BCUT2D eigenvalue weighted by molar-refractivity contribution is 5.73. The summed E-state index contributed by atoms with van der Waals surface area (Å²) >= 11 is 0. The molecular formula is C18H21NO5. The number of aliphatic hydroxyl groups excluding tert-OH is 1. The molecule has 0 aromatic heterocycles. The molecule has 2 atom stereocenters. The van der Waals surface area contributed by atoms with Crippen molar-refractivity contribution in [3.05, 3.63) is 60.2 Å². The van der Waals surface area contributed by atoms with E-state index in [0.29, 0.717) is 5.75 Å². The van der Waals surface area contributed by atoms with Gasteiger partial charge in [-0.25, -0.2) is 0 Å². The summed E-state index contributed by atoms with van der Waals surface area (Å²) in [5.41, 5.74) is 0.780. The SMILES string of the molecule is O=C(O)[C@@H](Cc1ccc(O)cc1)NC[C@H](O)COc1ccccc1. The van der Waals surface area contributed by atoms with E-state index in [1.165, 1.54) is 12.1 Å². The van der Waals surface area contributed by atoms with E-state index in [-0.39, 0.29) is 25.3 Å². The van der Waals surface area contributed by atoms with Gasteiger partial charge in [-0.15, -0.1) is 0 Å². The van der Waals surface area contributed by atoms with E-state index in [4.69, 9.17) is 4.74 Å². The molecule has 6 nitrogen and oxygen atoms in total. The molecule has 2 aromatic carbocycles. The third kappa shape index (κ3) is 5.91. The van der Waals surface area contributed by atoms with Crippen molar-refractivity contribution in [3.63, 3.8) is 0 Å². The van der Waals surface area contributed by atoms with Gasteiger partial charge in [-0.2, -0.15) is 0 Å². The van der Waals surface area contributed by atoms with Gasteiger partial charge in [-0.05, 0) is 36.2 Å². The maximum absolute atomic E-state index is 11.3. The Hall–Kier alpha value is -2.57. The zero-order valence-electron chi connectivity index (χ0n) is 13.1. The zero-order chi connectivity index (χ0) is 17.4. The van der Waals surface area contributed by atoms with Crippen LogP contribution in [-0.2, 0) is 11.2 Å². The van der Waals surface area contributed by atoms with Crippen LogP contribution in [0.1, 0.15) is 5.56 Å². The van der Waals surface area contributed by atoms with Crippen molar-refractivity contribution in [3.8, 4) is 11.5 Å². The average Bonchev–Trinajstić information content (AvgIpc) is 2.59. The van der Waals surface area contributed by atoms with Gasteiger partial charge in [0.05, 0.1) is 0 Å². The molecule has 0 aliphatic carbocycles. The number of rotatable bonds is 9. The van der Waals surface area contributed by atoms with E-state index < -0.39 is 18.1 Å². The van der Waals surface area contributed by atoms with Gasteiger partial charge in [0.15, 0.2) is 0 Å². The lowest BCUT2D eigenvalue weighted by Gasteiger charge is -2.18. The zero-order valence-corrected chi connectivity index (χ0v) is 13.1. The first-order valence-corrected chi connectivity index (χ1v) is 7.64. The number of nitrogens with one attached hydrogen (secondary N) is 1. The highest BCUT2D eigenvalue weighted by Gasteiger charge is 2.19. The van der Waals surface area contributed by atoms with E-state index in [9.17, 15) is 20.1 Å². The smallest absolute Gasteiger partial charge is 0.321 e. The monoisotopic (exact) mass is 331 g/mol. The van der Waals surface area contributed by atoms with Gasteiger partial charge in [0.2, 0.25) is 0 Å². The molecule has 2 aromatic rings. The topological polar surface area (TPSA) is 99.0 Å². The summed E-state index contributed by atoms with van der Waals surface area (Å²) in [6.07, 6.45) is -0.575. The number of aliphatic hydroxyl groups is 1. The summed E-state index contributed by atoms with van der Waals surface area (Å²) in [5.74, 6) is -0.221. The second-order valence-corrected chi connectivity index (χ2v) is 5.45. The van der Waals surface area contributed by atoms with Gasteiger partial charge in [0, 0.05) is 6.54 Å². The number of phenolic OH excluding ortho intramolecular Hbond substituents is 1. The van der Waals surface area contributed by atoms with Crippen molar-refractivity contribution in [2.75, 3.05) is 13.2 Å². The number of ether oxygens (including phenoxy) is 1. The highest BCUT2D eigenvalue weighted by atomic mass is 16.5. The summed E-state index contributed by atoms with van der Waals surface area (Å²) in [7, 11) is 0. The first kappa shape index (κ1) is 17.8. The lowest BCUT2D eigenvalue weighted by Crippen LogP contribution is -2.43. The van der Waals surface area contributed by atoms with Gasteiger partial charge in [-0.1, -0.05) is 30.3 Å². The quantitative estimate of drug-likeness (QED) is 0.555. The summed E-state index contributed by atoms with van der Waals surface area (Å²) in [5, 5.41) is 31.3. The van der Waals surface area contributed by atoms with Crippen LogP contribution in [0.25, 0.3) is 0 Å². The normalized spacial score (nSPS) is 13.2. The van der Waals surface area contributed by atoms with Crippen molar-refractivity contribution in [2.45, 2.75) is 18.6 Å². The minimum absolute atomic E-state index is 0.0720. The summed E-state index contributed by atoms with van der Waals surface area (Å²) in [6, 6.07) is 14.6. The van der Waals surface area contributed by atoms with Crippen LogP contribution < -0.4 is 10.1 Å². The largest absolute Gasteiger partial charge is 0.508 e. The van der Waals surface area contributed by atoms with Crippen LogP contribution in [0, 0.1) is 0 Å². The number of phenols is 1. The molecular weight excluding hydrogens is 310 g/mol. The van der Waals surface area contributed by atoms with Crippen LogP contribution >= 0.6 is 0 Å². The molecule has 0 aliphatic heterocycles. The van der Waals surface area contributed by atoms with Crippen LogP contribution in [0.4, 0.5) is 0 Å². The molecule has 0 fully saturated rings. The maximum Gasteiger partial charge on any atom is 0.321 e. The number of carbonyl (C=O) groups is 1. The average molecular weight is 331 g/mol. The molecule has 0 amide bonds. The Kier molecular flexibility index (Phi) is 6.60. The minimum Gasteiger partial charge on any atom is -0.508 e. The van der Waals surface area contributed by atoms with Crippen LogP contribution in [0.15, 0.2) is 54.6 Å². The van der Waals surface area contributed by atoms with Gasteiger partial charge >= 0.3 is 5.97 Å². The molecule has 0 aliphatic rings. The predicted molar refractivity (Wildman–Crippen MR) is 89.2 cm³/mol. The Balaban J connectivity index is 1.80. The van der Waals surface area contributed by atoms with Crippen molar-refractivity contribution >= 4 is 5.97 Å². The number of hydrogen-bond donors (Lipinski definition) is 4. The Bertz CT molecular complexity index is 630. The molecule has 0 heterocycles. The molecule has 2 rings (SSSR count). The number of carboxylic acids is 1. The van der Waals surface area contributed by atoms with Gasteiger partial charge < -0.3 is 25.4 Å². The molecule has 0 saturated carbocycles. The molecule has 0 radical (unpaired) electrons. The van der Waals surface area contributed by atoms with E-state index in [2.05, 4.69) is 5.32 Å². The molecule has 24 heavy (non-hydrogen) atoms. The lowest BCUT2D eigenvalue weighted by atomic mass is 10.1. The fourth-order valence-corrected chi connectivity index (χ4v) is 2.16. The first-order chi connectivity index (χ1) is 11.5. The number of aliphatic carboxylic acids is 1. The number of carboxylic acid groups (broad SMARTS) is 1. The van der Waals surface area contributed by atoms with E-state index >= 15 is 0 Å². The third-order valence-corrected chi connectivity index (χ3v) is 3.46. The number of para-hydroxylation sites is 1. The predicted octanol–water partition coefficient (Wildman–Crippen LogP) is 1.42. The number of aromatic hydroxyl groups is 1. The fourth-order valence-electron chi connectivity index (χ4n) is 2.16. The van der Waals surface area contributed by atoms with Crippen molar-refractivity contribution < 1.29 is 24.9 Å². The second kappa shape index (κ2) is 8.90. The molecule has 6 heteroatoms. The molecule has 0 bridgehead atoms. The minimum atomic E-state index is -1.00. The van der Waals surface area contributed by atoms with E-state index in [1.807, 2.05) is 18.2 Å². The Morgan fingerprint density at radius 1 is 1.08 bits per heavy atom. The standard InChI is InChI=1S/C18H21NO5/c20-14-8-6-13(7-9-14)10-17(18(22)23)19-11-15(21)12-24-16-4-2-1-3-5-16/h1-9,15,17,19-21H,10-12H2,(H,22,23)/t15-,17+/m0/s1. The van der Waals surface area contributed by atoms with Gasteiger partial charge in [0.25, 0.3) is 0 Å². The molecule has 128 valence electrons.